The first-order valence-corrected chi connectivity index (χ1v) is 5.66. The summed E-state index contributed by atoms with van der Waals surface area (Å²) in [5.41, 5.74) is 1.18. The zero-order valence-corrected chi connectivity index (χ0v) is 9.43. The van der Waals surface area contributed by atoms with Gasteiger partial charge in [-0.2, -0.15) is 0 Å². The lowest BCUT2D eigenvalue weighted by Crippen LogP contribution is -1.80. The summed E-state index contributed by atoms with van der Waals surface area (Å²) in [6.07, 6.45) is 0.961. The minimum Gasteiger partial charge on any atom is -0.123 e. The fourth-order valence-electron chi connectivity index (χ4n) is 1.36. The Bertz CT molecular complexity index is 445. The van der Waals surface area contributed by atoms with Crippen LogP contribution in [0.15, 0.2) is 18.2 Å². The van der Waals surface area contributed by atoms with Gasteiger partial charge in [-0.25, -0.2) is 0 Å². The third kappa shape index (κ3) is 1.56. The van der Waals surface area contributed by atoms with Crippen molar-refractivity contribution in [3.05, 3.63) is 33.1 Å². The number of hydrogen-bond acceptors (Lipinski definition) is 1. The van der Waals surface area contributed by atoms with Gasteiger partial charge in [0.1, 0.15) is 0 Å². The maximum atomic E-state index is 6.20. The van der Waals surface area contributed by atoms with Crippen LogP contribution < -0.4 is 0 Å². The largest absolute Gasteiger partial charge is 0.123 e. The minimum absolute atomic E-state index is 0.796. The van der Waals surface area contributed by atoms with E-state index < -0.39 is 0 Å². The van der Waals surface area contributed by atoms with Gasteiger partial charge in [0.15, 0.2) is 0 Å². The predicted octanol–water partition coefficient (Wildman–Crippen LogP) is 4.77. The van der Waals surface area contributed by atoms with Gasteiger partial charge in [0.05, 0.1) is 9.36 Å². The van der Waals surface area contributed by atoms with Gasteiger partial charge in [0, 0.05) is 10.1 Å². The third-order valence-electron chi connectivity index (χ3n) is 2.07. The van der Waals surface area contributed by atoms with Gasteiger partial charge in [-0.15, -0.1) is 11.3 Å². The van der Waals surface area contributed by atoms with Crippen molar-refractivity contribution < 1.29 is 0 Å². The Hall–Kier alpha value is -0.240. The first-order valence-electron chi connectivity index (χ1n) is 4.08. The molecule has 0 N–H and O–H groups in total. The number of benzene rings is 1. The second-order valence-electron chi connectivity index (χ2n) is 2.85. The molecule has 0 saturated carbocycles. The molecule has 0 nitrogen and oxygen atoms in total. The van der Waals surface area contributed by atoms with E-state index in [4.69, 9.17) is 23.2 Å². The summed E-state index contributed by atoms with van der Waals surface area (Å²) in [7, 11) is 0. The lowest BCUT2D eigenvalue weighted by molar-refractivity contribution is 1.15. The first-order chi connectivity index (χ1) is 6.22. The highest BCUT2D eigenvalue weighted by Gasteiger charge is 2.06. The SMILES string of the molecule is CCc1ccc2sc(Cl)cc2c1Cl. The number of halogens is 2. The van der Waals surface area contributed by atoms with Crippen LogP contribution in [-0.2, 0) is 6.42 Å². The van der Waals surface area contributed by atoms with Crippen molar-refractivity contribution in [2.24, 2.45) is 0 Å². The van der Waals surface area contributed by atoms with E-state index in [9.17, 15) is 0 Å². The Kier molecular flexibility index (Phi) is 2.50. The van der Waals surface area contributed by atoms with Gasteiger partial charge in [-0.05, 0) is 24.1 Å². The summed E-state index contributed by atoms with van der Waals surface area (Å²) in [6.45, 7) is 2.10. The smallest absolute Gasteiger partial charge is 0.0941 e. The molecule has 0 amide bonds. The topological polar surface area (TPSA) is 0 Å². The second kappa shape index (κ2) is 3.49. The highest BCUT2D eigenvalue weighted by atomic mass is 35.5. The molecule has 0 aliphatic heterocycles. The molecule has 0 aliphatic carbocycles. The van der Waals surface area contributed by atoms with Crippen LogP contribution >= 0.6 is 34.5 Å². The van der Waals surface area contributed by atoms with E-state index in [0.717, 1.165) is 25.9 Å². The normalized spacial score (nSPS) is 11.0. The lowest BCUT2D eigenvalue weighted by Gasteiger charge is -2.00. The van der Waals surface area contributed by atoms with Crippen LogP contribution in [0, 0.1) is 0 Å². The zero-order valence-electron chi connectivity index (χ0n) is 7.10. The maximum absolute atomic E-state index is 6.20. The second-order valence-corrected chi connectivity index (χ2v) is 4.95. The third-order valence-corrected chi connectivity index (χ3v) is 3.74. The molecule has 13 heavy (non-hydrogen) atoms. The Morgan fingerprint density at radius 2 is 2.08 bits per heavy atom. The molecule has 1 aromatic carbocycles. The molecular formula is C10H8Cl2S. The van der Waals surface area contributed by atoms with Crippen molar-refractivity contribution in [3.63, 3.8) is 0 Å². The monoisotopic (exact) mass is 230 g/mol. The summed E-state index contributed by atoms with van der Waals surface area (Å²) in [4.78, 5) is 0. The van der Waals surface area contributed by atoms with Crippen molar-refractivity contribution in [2.75, 3.05) is 0 Å². The van der Waals surface area contributed by atoms with E-state index >= 15 is 0 Å². The van der Waals surface area contributed by atoms with Gasteiger partial charge in [0.2, 0.25) is 0 Å². The highest BCUT2D eigenvalue weighted by molar-refractivity contribution is 7.22. The summed E-state index contributed by atoms with van der Waals surface area (Å²) in [5, 5.41) is 1.93. The summed E-state index contributed by atoms with van der Waals surface area (Å²) in [5.74, 6) is 0. The Labute approximate surface area is 91.1 Å². The minimum atomic E-state index is 0.796. The van der Waals surface area contributed by atoms with E-state index in [1.807, 2.05) is 6.07 Å². The van der Waals surface area contributed by atoms with E-state index in [2.05, 4.69) is 19.1 Å². The number of aryl methyl sites for hydroxylation is 1. The fourth-order valence-corrected chi connectivity index (χ4v) is 2.93. The fraction of sp³-hybridized carbons (Fsp3) is 0.200. The molecule has 2 aromatic rings. The van der Waals surface area contributed by atoms with Crippen LogP contribution in [0.1, 0.15) is 12.5 Å². The van der Waals surface area contributed by atoms with Gasteiger partial charge < -0.3 is 0 Å². The number of rotatable bonds is 1. The first kappa shape index (κ1) is 9.32. The number of hydrogen-bond donors (Lipinski definition) is 0. The molecule has 0 saturated heterocycles. The van der Waals surface area contributed by atoms with Gasteiger partial charge >= 0.3 is 0 Å². The van der Waals surface area contributed by atoms with Gasteiger partial charge in [0.25, 0.3) is 0 Å². The molecule has 0 unspecified atom stereocenters. The molecule has 2 rings (SSSR count). The van der Waals surface area contributed by atoms with Crippen LogP contribution in [0.5, 0.6) is 0 Å². The van der Waals surface area contributed by atoms with Crippen molar-refractivity contribution >= 4 is 44.6 Å². The standard InChI is InChI=1S/C10H8Cl2S/c1-2-6-3-4-8-7(10(6)12)5-9(11)13-8/h3-5H,2H2,1H3. The average Bonchev–Trinajstić information content (AvgIpc) is 2.47. The number of thiophene rings is 1. The molecule has 1 aromatic heterocycles. The maximum Gasteiger partial charge on any atom is 0.0941 e. The van der Waals surface area contributed by atoms with Crippen LogP contribution in [0.3, 0.4) is 0 Å². The number of fused-ring (bicyclic) bond motifs is 1. The Balaban J connectivity index is 2.78. The van der Waals surface area contributed by atoms with Crippen molar-refractivity contribution in [3.8, 4) is 0 Å². The van der Waals surface area contributed by atoms with E-state index in [1.54, 1.807) is 11.3 Å². The van der Waals surface area contributed by atoms with Crippen molar-refractivity contribution in [1.29, 1.82) is 0 Å². The van der Waals surface area contributed by atoms with E-state index in [0.29, 0.717) is 0 Å². The highest BCUT2D eigenvalue weighted by Crippen LogP contribution is 2.35. The molecule has 0 radical (unpaired) electrons. The molecule has 0 bridgehead atoms. The van der Waals surface area contributed by atoms with Gasteiger partial charge in [-0.1, -0.05) is 36.2 Å². The van der Waals surface area contributed by atoms with Crippen molar-refractivity contribution in [2.45, 2.75) is 13.3 Å². The van der Waals surface area contributed by atoms with E-state index in [-0.39, 0.29) is 0 Å². The van der Waals surface area contributed by atoms with Crippen molar-refractivity contribution in [1.82, 2.24) is 0 Å². The Morgan fingerprint density at radius 1 is 1.31 bits per heavy atom. The summed E-state index contributed by atoms with van der Waals surface area (Å²) >= 11 is 13.7. The average molecular weight is 231 g/mol. The molecule has 0 atom stereocenters. The van der Waals surface area contributed by atoms with Crippen LogP contribution in [0.4, 0.5) is 0 Å². The van der Waals surface area contributed by atoms with Crippen LogP contribution in [-0.4, -0.2) is 0 Å². The van der Waals surface area contributed by atoms with E-state index in [1.165, 1.54) is 5.56 Å². The quantitative estimate of drug-likeness (QED) is 0.663. The van der Waals surface area contributed by atoms with Gasteiger partial charge in [-0.3, -0.25) is 0 Å². The molecule has 0 aliphatic rings. The molecule has 0 fully saturated rings. The molecule has 0 spiro atoms. The predicted molar refractivity (Wildman–Crippen MR) is 61.2 cm³/mol. The van der Waals surface area contributed by atoms with Crippen LogP contribution in [0.25, 0.3) is 10.1 Å². The summed E-state index contributed by atoms with van der Waals surface area (Å²) < 4.78 is 1.96. The van der Waals surface area contributed by atoms with Crippen LogP contribution in [0.2, 0.25) is 9.36 Å². The molecule has 1 heterocycles. The molecule has 3 heteroatoms. The molecular weight excluding hydrogens is 223 g/mol. The lowest BCUT2D eigenvalue weighted by atomic mass is 10.1. The molecule has 68 valence electrons. The Morgan fingerprint density at radius 3 is 2.77 bits per heavy atom. The zero-order chi connectivity index (χ0) is 9.42. The summed E-state index contributed by atoms with van der Waals surface area (Å²) in [6, 6.07) is 6.08.